The summed E-state index contributed by atoms with van der Waals surface area (Å²) in [4.78, 5) is 23.2. The number of nitrogens with one attached hydrogen (secondary N) is 1. The van der Waals surface area contributed by atoms with Crippen LogP contribution in [-0.4, -0.2) is 42.2 Å². The van der Waals surface area contributed by atoms with Gasteiger partial charge in [0.05, 0.1) is 31.2 Å². The number of methoxy groups -OCH3 is 2. The van der Waals surface area contributed by atoms with Gasteiger partial charge in [0.2, 0.25) is 10.0 Å². The maximum absolute atomic E-state index is 12.5. The molecule has 0 atom stereocenters. The predicted octanol–water partition coefficient (Wildman–Crippen LogP) is -0.188. The van der Waals surface area contributed by atoms with Gasteiger partial charge in [0.15, 0.2) is 11.4 Å². The van der Waals surface area contributed by atoms with E-state index < -0.39 is 15.8 Å². The van der Waals surface area contributed by atoms with Crippen LogP contribution in [0.15, 0.2) is 32.3 Å². The molecule has 3 aromatic rings. The van der Waals surface area contributed by atoms with Gasteiger partial charge in [-0.1, -0.05) is 0 Å². The summed E-state index contributed by atoms with van der Waals surface area (Å²) in [6.07, 6.45) is 0. The van der Waals surface area contributed by atoms with Crippen LogP contribution >= 0.6 is 0 Å². The summed E-state index contributed by atoms with van der Waals surface area (Å²) < 4.78 is 43.4. The average Bonchev–Trinajstić information content (AvgIpc) is 2.93. The number of sulfonamides is 1. The Morgan fingerprint density at radius 3 is 2.42 bits per heavy atom. The van der Waals surface area contributed by atoms with Crippen molar-refractivity contribution < 1.29 is 22.3 Å². The van der Waals surface area contributed by atoms with Crippen molar-refractivity contribution in [1.29, 1.82) is 0 Å². The second kappa shape index (κ2) is 6.72. The first-order valence-electron chi connectivity index (χ1n) is 7.26. The monoisotopic (exact) mass is 381 g/mol. The number of fused-ring (bicyclic) bond motifs is 1. The molecule has 12 heteroatoms. The van der Waals surface area contributed by atoms with Crippen LogP contribution < -0.4 is 20.0 Å². The fourth-order valence-electron chi connectivity index (χ4n) is 2.16. The normalized spacial score (nSPS) is 11.7. The van der Waals surface area contributed by atoms with Gasteiger partial charge in [-0.3, -0.25) is 4.57 Å². The highest BCUT2D eigenvalue weighted by Gasteiger charge is 2.18. The number of hydrogen-bond acceptors (Lipinski definition) is 9. The Morgan fingerprint density at radius 2 is 1.81 bits per heavy atom. The average molecular weight is 381 g/mol. The summed E-state index contributed by atoms with van der Waals surface area (Å²) in [5, 5.41) is 0. The zero-order valence-corrected chi connectivity index (χ0v) is 14.9. The quantitative estimate of drug-likeness (QED) is 0.615. The maximum Gasteiger partial charge on any atom is 0.419 e. The first-order valence-corrected chi connectivity index (χ1v) is 8.74. The number of hydrogen-bond donors (Lipinski definition) is 1. The smallest absolute Gasteiger partial charge is 0.419 e. The fraction of sp³-hybridized carbons (Fsp3) is 0.286. The van der Waals surface area contributed by atoms with Crippen LogP contribution in [0.25, 0.3) is 11.1 Å². The summed E-state index contributed by atoms with van der Waals surface area (Å²) in [6.45, 7) is -0.208. The summed E-state index contributed by atoms with van der Waals surface area (Å²) in [5.74, 6) is -0.457. The highest BCUT2D eigenvalue weighted by molar-refractivity contribution is 7.89. The zero-order chi connectivity index (χ0) is 18.9. The molecule has 0 amide bonds. The number of rotatable bonds is 6. The van der Waals surface area contributed by atoms with E-state index in [0.29, 0.717) is 11.1 Å². The van der Waals surface area contributed by atoms with Crippen LogP contribution in [0.1, 0.15) is 5.82 Å². The van der Waals surface area contributed by atoms with Crippen molar-refractivity contribution in [1.82, 2.24) is 24.2 Å². The van der Waals surface area contributed by atoms with E-state index in [0.717, 1.165) is 0 Å². The molecule has 0 aliphatic rings. The van der Waals surface area contributed by atoms with E-state index in [4.69, 9.17) is 13.9 Å². The maximum atomic E-state index is 12.5. The molecule has 0 saturated heterocycles. The van der Waals surface area contributed by atoms with E-state index >= 15 is 0 Å². The van der Waals surface area contributed by atoms with Crippen molar-refractivity contribution in [2.45, 2.75) is 11.4 Å². The Bertz CT molecular complexity index is 1100. The van der Waals surface area contributed by atoms with E-state index in [2.05, 4.69) is 19.7 Å². The van der Waals surface area contributed by atoms with Gasteiger partial charge in [0.1, 0.15) is 0 Å². The number of nitrogens with zero attached hydrogens (tertiary/aromatic N) is 4. The van der Waals surface area contributed by atoms with Crippen molar-refractivity contribution in [2.24, 2.45) is 7.05 Å². The number of benzene rings is 1. The lowest BCUT2D eigenvalue weighted by Crippen LogP contribution is -2.24. The molecule has 11 nitrogen and oxygen atoms in total. The molecule has 0 unspecified atom stereocenters. The minimum Gasteiger partial charge on any atom is -0.467 e. The van der Waals surface area contributed by atoms with Gasteiger partial charge in [-0.15, -0.1) is 4.98 Å². The molecule has 0 aliphatic carbocycles. The highest BCUT2D eigenvalue weighted by atomic mass is 32.2. The molecule has 2 heterocycles. The molecule has 3 rings (SSSR count). The lowest BCUT2D eigenvalue weighted by atomic mass is 10.3. The second-order valence-corrected chi connectivity index (χ2v) is 6.87. The molecule has 1 aromatic carbocycles. The van der Waals surface area contributed by atoms with Crippen molar-refractivity contribution in [3.05, 3.63) is 34.6 Å². The standard InChI is InChI=1S/C14H15N5O6S/c1-19-9-6-8(4-5-10(9)25-14(19)20)26(21,22)15-7-11-16-12(23-2)18-13(17-11)24-3/h4-6,15H,7H2,1-3H3. The Kier molecular flexibility index (Phi) is 4.61. The molecule has 138 valence electrons. The molecule has 26 heavy (non-hydrogen) atoms. The zero-order valence-electron chi connectivity index (χ0n) is 14.1. The van der Waals surface area contributed by atoms with Crippen LogP contribution in [0, 0.1) is 0 Å². The molecule has 0 spiro atoms. The molecule has 0 aliphatic heterocycles. The number of ether oxygens (including phenoxy) is 2. The van der Waals surface area contributed by atoms with E-state index in [-0.39, 0.29) is 29.3 Å². The Morgan fingerprint density at radius 1 is 1.15 bits per heavy atom. The Labute approximate surface area is 147 Å². The van der Waals surface area contributed by atoms with Gasteiger partial charge >= 0.3 is 17.8 Å². The van der Waals surface area contributed by atoms with Gasteiger partial charge in [-0.25, -0.2) is 17.9 Å². The van der Waals surface area contributed by atoms with Crippen LogP contribution in [0.5, 0.6) is 12.0 Å². The minimum atomic E-state index is -3.89. The Balaban J connectivity index is 1.87. The van der Waals surface area contributed by atoms with E-state index in [1.807, 2.05) is 0 Å². The summed E-state index contributed by atoms with van der Waals surface area (Å²) in [6, 6.07) is 4.10. The molecule has 0 fully saturated rings. The third kappa shape index (κ3) is 3.36. The van der Waals surface area contributed by atoms with Crippen LogP contribution in [-0.2, 0) is 23.6 Å². The van der Waals surface area contributed by atoms with E-state index in [1.54, 1.807) is 0 Å². The van der Waals surface area contributed by atoms with Crippen molar-refractivity contribution in [2.75, 3.05) is 14.2 Å². The first-order chi connectivity index (χ1) is 12.3. The molecule has 0 radical (unpaired) electrons. The minimum absolute atomic E-state index is 0.000801. The topological polar surface area (TPSA) is 138 Å². The van der Waals surface area contributed by atoms with E-state index in [9.17, 15) is 13.2 Å². The lowest BCUT2D eigenvalue weighted by molar-refractivity contribution is 0.336. The molecule has 2 aromatic heterocycles. The number of aryl methyl sites for hydroxylation is 1. The van der Waals surface area contributed by atoms with Gasteiger partial charge in [-0.2, -0.15) is 9.97 Å². The first kappa shape index (κ1) is 17.8. The number of aromatic nitrogens is 4. The van der Waals surface area contributed by atoms with Crippen LogP contribution in [0.2, 0.25) is 0 Å². The van der Waals surface area contributed by atoms with Gasteiger partial charge < -0.3 is 13.9 Å². The highest BCUT2D eigenvalue weighted by Crippen LogP contribution is 2.18. The largest absolute Gasteiger partial charge is 0.467 e. The number of oxazole rings is 1. The van der Waals surface area contributed by atoms with Crippen LogP contribution in [0.3, 0.4) is 0 Å². The van der Waals surface area contributed by atoms with Gasteiger partial charge in [0, 0.05) is 7.05 Å². The third-order valence-electron chi connectivity index (χ3n) is 3.50. The van der Waals surface area contributed by atoms with Crippen molar-refractivity contribution >= 4 is 21.1 Å². The fourth-order valence-corrected chi connectivity index (χ4v) is 3.16. The van der Waals surface area contributed by atoms with Crippen molar-refractivity contribution in [3.8, 4) is 12.0 Å². The third-order valence-corrected chi connectivity index (χ3v) is 4.90. The Hall–Kier alpha value is -2.99. The molecular formula is C14H15N5O6S. The molecular weight excluding hydrogens is 366 g/mol. The van der Waals surface area contributed by atoms with E-state index in [1.165, 1.54) is 44.0 Å². The summed E-state index contributed by atoms with van der Waals surface area (Å²) in [5.41, 5.74) is 0.657. The molecule has 1 N–H and O–H groups in total. The lowest BCUT2D eigenvalue weighted by Gasteiger charge is -2.08. The SMILES string of the molecule is COc1nc(CNS(=O)(=O)c2ccc3oc(=O)n(C)c3c2)nc(OC)n1. The van der Waals surface area contributed by atoms with Crippen LogP contribution in [0.4, 0.5) is 0 Å². The second-order valence-electron chi connectivity index (χ2n) is 5.11. The van der Waals surface area contributed by atoms with Crippen molar-refractivity contribution in [3.63, 3.8) is 0 Å². The molecule has 0 bridgehead atoms. The molecule has 0 saturated carbocycles. The van der Waals surface area contributed by atoms with Gasteiger partial charge in [0.25, 0.3) is 0 Å². The van der Waals surface area contributed by atoms with Gasteiger partial charge in [-0.05, 0) is 18.2 Å². The summed E-state index contributed by atoms with van der Waals surface area (Å²) in [7, 11) is 0.338. The summed E-state index contributed by atoms with van der Waals surface area (Å²) >= 11 is 0. The predicted molar refractivity (Wildman–Crippen MR) is 88.4 cm³/mol.